The Hall–Kier alpha value is -1.41. The lowest BCUT2D eigenvalue weighted by Crippen LogP contribution is -1.83. The Morgan fingerprint density at radius 3 is 2.38 bits per heavy atom. The summed E-state index contributed by atoms with van der Waals surface area (Å²) in [5.41, 5.74) is 7.93. The first kappa shape index (κ1) is 11.1. The summed E-state index contributed by atoms with van der Waals surface area (Å²) >= 11 is 1.74. The SMILES string of the molecule is CCc1ccc(Sc2cccc(N)c2)cc1. The zero-order valence-electron chi connectivity index (χ0n) is 9.31. The predicted molar refractivity (Wildman–Crippen MR) is 70.8 cm³/mol. The van der Waals surface area contributed by atoms with E-state index in [0.717, 1.165) is 12.1 Å². The molecule has 2 aromatic rings. The van der Waals surface area contributed by atoms with Gasteiger partial charge in [0, 0.05) is 15.5 Å². The molecule has 0 radical (unpaired) electrons. The van der Waals surface area contributed by atoms with Crippen molar-refractivity contribution in [3.05, 3.63) is 54.1 Å². The Labute approximate surface area is 101 Å². The molecule has 0 aliphatic carbocycles. The first-order chi connectivity index (χ1) is 7.78. The number of benzene rings is 2. The second-order valence-corrected chi connectivity index (χ2v) is 4.82. The van der Waals surface area contributed by atoms with E-state index >= 15 is 0 Å². The van der Waals surface area contributed by atoms with Crippen LogP contribution in [-0.2, 0) is 6.42 Å². The van der Waals surface area contributed by atoms with Gasteiger partial charge in [-0.2, -0.15) is 0 Å². The number of hydrogen-bond acceptors (Lipinski definition) is 2. The maximum Gasteiger partial charge on any atom is 0.0325 e. The van der Waals surface area contributed by atoms with Crippen molar-refractivity contribution in [3.8, 4) is 0 Å². The van der Waals surface area contributed by atoms with E-state index < -0.39 is 0 Å². The number of nitrogen functional groups attached to an aromatic ring is 1. The lowest BCUT2D eigenvalue weighted by atomic mass is 10.2. The molecule has 2 aromatic carbocycles. The van der Waals surface area contributed by atoms with Gasteiger partial charge in [0.15, 0.2) is 0 Å². The van der Waals surface area contributed by atoms with E-state index in [0.29, 0.717) is 0 Å². The Balaban J connectivity index is 2.14. The second kappa shape index (κ2) is 5.08. The third-order valence-corrected chi connectivity index (χ3v) is 3.42. The number of nitrogens with two attached hydrogens (primary N) is 1. The van der Waals surface area contributed by atoms with Crippen LogP contribution in [0.1, 0.15) is 12.5 Å². The van der Waals surface area contributed by atoms with Crippen molar-refractivity contribution in [2.45, 2.75) is 23.1 Å². The minimum absolute atomic E-state index is 0.815. The van der Waals surface area contributed by atoms with Gasteiger partial charge in [-0.15, -0.1) is 0 Å². The molecule has 0 saturated heterocycles. The van der Waals surface area contributed by atoms with E-state index in [1.165, 1.54) is 15.4 Å². The number of hydrogen-bond donors (Lipinski definition) is 1. The summed E-state index contributed by atoms with van der Waals surface area (Å²) < 4.78 is 0. The Kier molecular flexibility index (Phi) is 3.52. The first-order valence-corrected chi connectivity index (χ1v) is 6.22. The van der Waals surface area contributed by atoms with Crippen molar-refractivity contribution in [3.63, 3.8) is 0 Å². The maximum atomic E-state index is 5.74. The van der Waals surface area contributed by atoms with Gasteiger partial charge < -0.3 is 5.73 Å². The summed E-state index contributed by atoms with van der Waals surface area (Å²) in [4.78, 5) is 2.44. The molecule has 0 fully saturated rings. The van der Waals surface area contributed by atoms with Gasteiger partial charge in [0.05, 0.1) is 0 Å². The third-order valence-electron chi connectivity index (χ3n) is 2.43. The van der Waals surface area contributed by atoms with E-state index in [1.54, 1.807) is 11.8 Å². The third kappa shape index (κ3) is 2.80. The molecule has 0 amide bonds. The van der Waals surface area contributed by atoms with Crippen molar-refractivity contribution in [1.82, 2.24) is 0 Å². The second-order valence-electron chi connectivity index (χ2n) is 3.67. The molecule has 0 unspecified atom stereocenters. The molecule has 0 bridgehead atoms. The fourth-order valence-electron chi connectivity index (χ4n) is 1.51. The summed E-state index contributed by atoms with van der Waals surface area (Å²) in [5, 5.41) is 0. The average Bonchev–Trinajstić information content (AvgIpc) is 2.30. The number of aryl methyl sites for hydroxylation is 1. The van der Waals surface area contributed by atoms with Crippen molar-refractivity contribution < 1.29 is 0 Å². The Morgan fingerprint density at radius 2 is 1.75 bits per heavy atom. The molecule has 0 spiro atoms. The fourth-order valence-corrected chi connectivity index (χ4v) is 2.39. The van der Waals surface area contributed by atoms with E-state index in [1.807, 2.05) is 18.2 Å². The molecule has 0 aliphatic rings. The predicted octanol–water partition coefficient (Wildman–Crippen LogP) is 3.98. The van der Waals surface area contributed by atoms with Crippen molar-refractivity contribution in [2.75, 3.05) is 5.73 Å². The van der Waals surface area contributed by atoms with Gasteiger partial charge >= 0.3 is 0 Å². The van der Waals surface area contributed by atoms with Crippen LogP contribution >= 0.6 is 11.8 Å². The highest BCUT2D eigenvalue weighted by atomic mass is 32.2. The molecule has 2 heteroatoms. The standard InChI is InChI=1S/C14H15NS/c1-2-11-6-8-13(9-7-11)16-14-5-3-4-12(15)10-14/h3-10H,2,15H2,1H3. The summed E-state index contributed by atoms with van der Waals surface area (Å²) in [6.07, 6.45) is 1.09. The molecule has 1 nitrogen and oxygen atoms in total. The van der Waals surface area contributed by atoms with Gasteiger partial charge in [-0.3, -0.25) is 0 Å². The van der Waals surface area contributed by atoms with Gasteiger partial charge in [0.1, 0.15) is 0 Å². The van der Waals surface area contributed by atoms with Crippen LogP contribution in [0.25, 0.3) is 0 Å². The van der Waals surface area contributed by atoms with Crippen LogP contribution in [0.4, 0.5) is 5.69 Å². The average molecular weight is 229 g/mol. The Bertz CT molecular complexity index is 462. The number of rotatable bonds is 3. The molecule has 0 aliphatic heterocycles. The lowest BCUT2D eigenvalue weighted by Gasteiger charge is -2.03. The summed E-state index contributed by atoms with van der Waals surface area (Å²) in [5.74, 6) is 0. The summed E-state index contributed by atoms with van der Waals surface area (Å²) in [6.45, 7) is 2.17. The maximum absolute atomic E-state index is 5.74. The minimum Gasteiger partial charge on any atom is -0.399 e. The highest BCUT2D eigenvalue weighted by Crippen LogP contribution is 2.28. The highest BCUT2D eigenvalue weighted by molar-refractivity contribution is 7.99. The molecule has 0 saturated carbocycles. The van der Waals surface area contributed by atoms with Gasteiger partial charge in [-0.05, 0) is 42.3 Å². The molecular weight excluding hydrogens is 214 g/mol. The zero-order chi connectivity index (χ0) is 11.4. The normalized spacial score (nSPS) is 10.3. The van der Waals surface area contributed by atoms with Gasteiger partial charge in [-0.25, -0.2) is 0 Å². The van der Waals surface area contributed by atoms with Crippen LogP contribution in [0.15, 0.2) is 58.3 Å². The largest absolute Gasteiger partial charge is 0.399 e. The molecule has 0 atom stereocenters. The van der Waals surface area contributed by atoms with E-state index in [-0.39, 0.29) is 0 Å². The highest BCUT2D eigenvalue weighted by Gasteiger charge is 1.97. The van der Waals surface area contributed by atoms with Gasteiger partial charge in [-0.1, -0.05) is 36.9 Å². The van der Waals surface area contributed by atoms with Gasteiger partial charge in [0.25, 0.3) is 0 Å². The fraction of sp³-hybridized carbons (Fsp3) is 0.143. The van der Waals surface area contributed by atoms with Gasteiger partial charge in [0.2, 0.25) is 0 Å². The van der Waals surface area contributed by atoms with Crippen LogP contribution in [0.2, 0.25) is 0 Å². The van der Waals surface area contributed by atoms with Crippen LogP contribution in [-0.4, -0.2) is 0 Å². The molecule has 0 aromatic heterocycles. The van der Waals surface area contributed by atoms with E-state index in [2.05, 4.69) is 37.3 Å². The molecular formula is C14H15NS. The van der Waals surface area contributed by atoms with Crippen molar-refractivity contribution in [2.24, 2.45) is 0 Å². The zero-order valence-corrected chi connectivity index (χ0v) is 10.1. The quantitative estimate of drug-likeness (QED) is 0.805. The first-order valence-electron chi connectivity index (χ1n) is 5.40. The van der Waals surface area contributed by atoms with E-state index in [4.69, 9.17) is 5.73 Å². The molecule has 2 N–H and O–H groups in total. The molecule has 16 heavy (non-hydrogen) atoms. The van der Waals surface area contributed by atoms with Crippen LogP contribution < -0.4 is 5.73 Å². The number of anilines is 1. The smallest absolute Gasteiger partial charge is 0.0325 e. The monoisotopic (exact) mass is 229 g/mol. The minimum atomic E-state index is 0.815. The molecule has 0 heterocycles. The van der Waals surface area contributed by atoms with E-state index in [9.17, 15) is 0 Å². The summed E-state index contributed by atoms with van der Waals surface area (Å²) in [7, 11) is 0. The topological polar surface area (TPSA) is 26.0 Å². The lowest BCUT2D eigenvalue weighted by molar-refractivity contribution is 1.13. The molecule has 82 valence electrons. The van der Waals surface area contributed by atoms with Crippen molar-refractivity contribution >= 4 is 17.4 Å². The van der Waals surface area contributed by atoms with Crippen LogP contribution in [0.5, 0.6) is 0 Å². The Morgan fingerprint density at radius 1 is 1.00 bits per heavy atom. The van der Waals surface area contributed by atoms with Crippen LogP contribution in [0.3, 0.4) is 0 Å². The molecule has 2 rings (SSSR count). The van der Waals surface area contributed by atoms with Crippen LogP contribution in [0, 0.1) is 0 Å². The van der Waals surface area contributed by atoms with Crippen molar-refractivity contribution in [1.29, 1.82) is 0 Å². The summed E-state index contributed by atoms with van der Waals surface area (Å²) in [6, 6.07) is 16.6.